The van der Waals surface area contributed by atoms with Gasteiger partial charge >= 0.3 is 0 Å². The molecule has 1 heteroatoms. The average molecular weight is 202 g/mol. The Labute approximate surface area is 92.1 Å². The van der Waals surface area contributed by atoms with Crippen LogP contribution in [0.1, 0.15) is 37.8 Å². The van der Waals surface area contributed by atoms with E-state index < -0.39 is 6.10 Å². The van der Waals surface area contributed by atoms with Gasteiger partial charge in [-0.05, 0) is 37.5 Å². The van der Waals surface area contributed by atoms with Crippen LogP contribution in [0.3, 0.4) is 0 Å². The number of rotatable bonds is 3. The Balaban J connectivity index is 2.61. The van der Waals surface area contributed by atoms with E-state index >= 15 is 0 Å². The lowest BCUT2D eigenvalue weighted by atomic mass is 10.1. The molecule has 0 heterocycles. The molecular formula is C14H18O. The van der Waals surface area contributed by atoms with Crippen molar-refractivity contribution in [3.8, 4) is 11.8 Å². The van der Waals surface area contributed by atoms with Crippen LogP contribution in [0.2, 0.25) is 0 Å². The van der Waals surface area contributed by atoms with E-state index in [2.05, 4.69) is 30.9 Å². The van der Waals surface area contributed by atoms with Crippen molar-refractivity contribution in [1.29, 1.82) is 0 Å². The summed E-state index contributed by atoms with van der Waals surface area (Å²) in [5.41, 5.74) is 2.33. The number of aryl methyl sites for hydroxylation is 1. The average Bonchev–Trinajstić information content (AvgIpc) is 2.25. The smallest absolute Gasteiger partial charge is 0.112 e. The lowest BCUT2D eigenvalue weighted by molar-refractivity contribution is 0.253. The van der Waals surface area contributed by atoms with Crippen LogP contribution in [-0.4, -0.2) is 11.2 Å². The normalized spacial score (nSPS) is 11.7. The summed E-state index contributed by atoms with van der Waals surface area (Å²) < 4.78 is 0. The molecule has 1 rings (SSSR count). The molecule has 80 valence electrons. The number of benzene rings is 1. The van der Waals surface area contributed by atoms with Crippen LogP contribution in [0.15, 0.2) is 24.3 Å². The maximum Gasteiger partial charge on any atom is 0.112 e. The SMILES string of the molecule is CCCCc1ccc(C#CC(C)O)cc1. The molecule has 0 amide bonds. The van der Waals surface area contributed by atoms with E-state index in [1.165, 1.54) is 18.4 Å². The lowest BCUT2D eigenvalue weighted by Gasteiger charge is -1.99. The standard InChI is InChI=1S/C14H18O/c1-3-4-5-13-8-10-14(11-9-13)7-6-12(2)15/h8-12,15H,3-5H2,1-2H3. The van der Waals surface area contributed by atoms with E-state index in [4.69, 9.17) is 5.11 Å². The van der Waals surface area contributed by atoms with Gasteiger partial charge in [-0.2, -0.15) is 0 Å². The Morgan fingerprint density at radius 1 is 1.27 bits per heavy atom. The molecule has 1 atom stereocenters. The molecular weight excluding hydrogens is 184 g/mol. The predicted molar refractivity (Wildman–Crippen MR) is 63.6 cm³/mol. The molecule has 1 N–H and O–H groups in total. The lowest BCUT2D eigenvalue weighted by Crippen LogP contribution is -1.92. The number of hydrogen-bond acceptors (Lipinski definition) is 1. The van der Waals surface area contributed by atoms with Crippen molar-refractivity contribution < 1.29 is 5.11 Å². The monoisotopic (exact) mass is 202 g/mol. The van der Waals surface area contributed by atoms with Gasteiger partial charge in [-0.25, -0.2) is 0 Å². The zero-order chi connectivity index (χ0) is 11.1. The van der Waals surface area contributed by atoms with Gasteiger partial charge in [0, 0.05) is 5.56 Å². The maximum atomic E-state index is 9.01. The van der Waals surface area contributed by atoms with E-state index in [0.717, 1.165) is 12.0 Å². The molecule has 0 radical (unpaired) electrons. The van der Waals surface area contributed by atoms with Gasteiger partial charge in [-0.3, -0.25) is 0 Å². The zero-order valence-corrected chi connectivity index (χ0v) is 9.46. The van der Waals surface area contributed by atoms with Crippen molar-refractivity contribution in [2.45, 2.75) is 39.2 Å². The minimum atomic E-state index is -0.551. The molecule has 1 aromatic carbocycles. The number of aliphatic hydroxyl groups excluding tert-OH is 1. The van der Waals surface area contributed by atoms with Gasteiger partial charge < -0.3 is 5.11 Å². The van der Waals surface area contributed by atoms with Gasteiger partial charge in [0.05, 0.1) is 0 Å². The molecule has 0 fully saturated rings. The molecule has 0 aromatic heterocycles. The minimum absolute atomic E-state index is 0.551. The number of hydrogen-bond donors (Lipinski definition) is 1. The fourth-order valence-electron chi connectivity index (χ4n) is 1.32. The summed E-state index contributed by atoms with van der Waals surface area (Å²) >= 11 is 0. The summed E-state index contributed by atoms with van der Waals surface area (Å²) in [5.74, 6) is 5.66. The first kappa shape index (κ1) is 11.8. The topological polar surface area (TPSA) is 20.2 Å². The van der Waals surface area contributed by atoms with Gasteiger partial charge in [-0.15, -0.1) is 0 Å². The van der Waals surface area contributed by atoms with Crippen LogP contribution < -0.4 is 0 Å². The quantitative estimate of drug-likeness (QED) is 0.747. The van der Waals surface area contributed by atoms with E-state index in [1.807, 2.05) is 12.1 Å². The molecule has 0 spiro atoms. The molecule has 1 unspecified atom stereocenters. The second-order valence-corrected chi connectivity index (χ2v) is 3.75. The first-order valence-corrected chi connectivity index (χ1v) is 5.51. The molecule has 0 aliphatic rings. The Kier molecular flexibility index (Phi) is 4.93. The van der Waals surface area contributed by atoms with Crippen molar-refractivity contribution in [1.82, 2.24) is 0 Å². The van der Waals surface area contributed by atoms with Gasteiger partial charge in [0.15, 0.2) is 0 Å². The summed E-state index contributed by atoms with van der Waals surface area (Å²) in [6.07, 6.45) is 3.05. The third kappa shape index (κ3) is 4.67. The van der Waals surface area contributed by atoms with Crippen molar-refractivity contribution in [2.75, 3.05) is 0 Å². The van der Waals surface area contributed by atoms with Crippen LogP contribution in [-0.2, 0) is 6.42 Å². The largest absolute Gasteiger partial charge is 0.381 e. The Bertz CT molecular complexity index is 338. The summed E-state index contributed by atoms with van der Waals surface area (Å²) in [5, 5.41) is 9.01. The second kappa shape index (κ2) is 6.27. The van der Waals surface area contributed by atoms with Crippen LogP contribution in [0.25, 0.3) is 0 Å². The number of aliphatic hydroxyl groups is 1. The van der Waals surface area contributed by atoms with Crippen LogP contribution in [0.4, 0.5) is 0 Å². The summed E-state index contributed by atoms with van der Waals surface area (Å²) in [7, 11) is 0. The zero-order valence-electron chi connectivity index (χ0n) is 9.46. The summed E-state index contributed by atoms with van der Waals surface area (Å²) in [6.45, 7) is 3.87. The number of unbranched alkanes of at least 4 members (excludes halogenated alkanes) is 1. The van der Waals surface area contributed by atoms with Gasteiger partial charge in [0.2, 0.25) is 0 Å². The first-order chi connectivity index (χ1) is 7.22. The summed E-state index contributed by atoms with van der Waals surface area (Å²) in [4.78, 5) is 0. The highest BCUT2D eigenvalue weighted by Gasteiger charge is 1.92. The molecule has 0 aliphatic heterocycles. The van der Waals surface area contributed by atoms with E-state index in [9.17, 15) is 0 Å². The summed E-state index contributed by atoms with van der Waals surface area (Å²) in [6, 6.07) is 8.25. The van der Waals surface area contributed by atoms with Crippen LogP contribution in [0, 0.1) is 11.8 Å². The molecule has 1 aromatic rings. The second-order valence-electron chi connectivity index (χ2n) is 3.75. The van der Waals surface area contributed by atoms with Gasteiger partial charge in [-0.1, -0.05) is 37.3 Å². The predicted octanol–water partition coefficient (Wildman–Crippen LogP) is 2.76. The fourth-order valence-corrected chi connectivity index (χ4v) is 1.32. The highest BCUT2D eigenvalue weighted by Crippen LogP contribution is 2.07. The third-order valence-electron chi connectivity index (χ3n) is 2.20. The molecule has 0 saturated carbocycles. The van der Waals surface area contributed by atoms with E-state index in [1.54, 1.807) is 6.92 Å². The van der Waals surface area contributed by atoms with Crippen LogP contribution in [0.5, 0.6) is 0 Å². The van der Waals surface area contributed by atoms with Gasteiger partial charge in [0.1, 0.15) is 6.10 Å². The third-order valence-corrected chi connectivity index (χ3v) is 2.20. The highest BCUT2D eigenvalue weighted by atomic mass is 16.3. The minimum Gasteiger partial charge on any atom is -0.381 e. The molecule has 15 heavy (non-hydrogen) atoms. The first-order valence-electron chi connectivity index (χ1n) is 5.51. The van der Waals surface area contributed by atoms with Crippen molar-refractivity contribution in [2.24, 2.45) is 0 Å². The fraction of sp³-hybridized carbons (Fsp3) is 0.429. The van der Waals surface area contributed by atoms with Crippen LogP contribution >= 0.6 is 0 Å². The van der Waals surface area contributed by atoms with Crippen molar-refractivity contribution in [3.63, 3.8) is 0 Å². The van der Waals surface area contributed by atoms with E-state index in [0.29, 0.717) is 0 Å². The Morgan fingerprint density at radius 2 is 1.93 bits per heavy atom. The highest BCUT2D eigenvalue weighted by molar-refractivity contribution is 5.36. The van der Waals surface area contributed by atoms with Gasteiger partial charge in [0.25, 0.3) is 0 Å². The van der Waals surface area contributed by atoms with Crippen molar-refractivity contribution >= 4 is 0 Å². The molecule has 1 nitrogen and oxygen atoms in total. The van der Waals surface area contributed by atoms with E-state index in [-0.39, 0.29) is 0 Å². The maximum absolute atomic E-state index is 9.01. The molecule has 0 bridgehead atoms. The Hall–Kier alpha value is -1.26. The Morgan fingerprint density at radius 3 is 2.47 bits per heavy atom. The molecule has 0 saturated heterocycles. The molecule has 0 aliphatic carbocycles. The van der Waals surface area contributed by atoms with Crippen molar-refractivity contribution in [3.05, 3.63) is 35.4 Å².